The molecular weight excluding hydrogens is 302 g/mol. The Hall–Kier alpha value is -1.84. The number of amides is 1. The quantitative estimate of drug-likeness (QED) is 0.835. The molecule has 0 saturated carbocycles. The Balaban J connectivity index is 2.37. The van der Waals surface area contributed by atoms with Gasteiger partial charge in [0.2, 0.25) is 5.91 Å². The van der Waals surface area contributed by atoms with Crippen molar-refractivity contribution in [2.45, 2.75) is 18.9 Å². The standard InChI is InChI=1S/C11H11N3O4S2/c1-6-10(19-11(13-6)14-7(2)15)8-3-4-9(12-5-8)20(16,17)18/h3-5H,1-2H3,(H,13,14,15)(H,16,17,18). The fourth-order valence-electron chi connectivity index (χ4n) is 1.54. The lowest BCUT2D eigenvalue weighted by molar-refractivity contribution is -0.114. The fraction of sp³-hybridized carbons (Fsp3) is 0.182. The highest BCUT2D eigenvalue weighted by molar-refractivity contribution is 7.85. The van der Waals surface area contributed by atoms with Gasteiger partial charge in [-0.05, 0) is 19.1 Å². The van der Waals surface area contributed by atoms with Gasteiger partial charge in [-0.1, -0.05) is 11.3 Å². The number of aryl methyl sites for hydroxylation is 1. The number of carbonyl (C=O) groups is 1. The second kappa shape index (κ2) is 5.27. The summed E-state index contributed by atoms with van der Waals surface area (Å²) >= 11 is 1.26. The Morgan fingerprint density at radius 2 is 2.10 bits per heavy atom. The molecule has 9 heteroatoms. The summed E-state index contributed by atoms with van der Waals surface area (Å²) in [6.07, 6.45) is 1.33. The highest BCUT2D eigenvalue weighted by atomic mass is 32.2. The van der Waals surface area contributed by atoms with Gasteiger partial charge in [-0.15, -0.1) is 0 Å². The number of hydrogen-bond donors (Lipinski definition) is 2. The Morgan fingerprint density at radius 3 is 2.60 bits per heavy atom. The van der Waals surface area contributed by atoms with Crippen molar-refractivity contribution in [2.75, 3.05) is 5.32 Å². The lowest BCUT2D eigenvalue weighted by Gasteiger charge is -1.99. The van der Waals surface area contributed by atoms with E-state index in [1.807, 2.05) is 0 Å². The number of pyridine rings is 1. The van der Waals surface area contributed by atoms with Crippen LogP contribution in [0.5, 0.6) is 0 Å². The molecule has 2 aromatic heterocycles. The minimum absolute atomic E-state index is 0.217. The van der Waals surface area contributed by atoms with Crippen LogP contribution in [-0.4, -0.2) is 28.8 Å². The molecule has 0 unspecified atom stereocenters. The molecule has 20 heavy (non-hydrogen) atoms. The third-order valence-corrected chi connectivity index (χ3v) is 4.23. The molecule has 0 aromatic carbocycles. The van der Waals surface area contributed by atoms with Crippen LogP contribution in [0.15, 0.2) is 23.4 Å². The molecule has 106 valence electrons. The number of nitrogens with one attached hydrogen (secondary N) is 1. The first-order valence-electron chi connectivity index (χ1n) is 5.46. The molecule has 0 aliphatic heterocycles. The molecule has 0 atom stereocenters. The summed E-state index contributed by atoms with van der Waals surface area (Å²) in [5, 5.41) is 2.63. The Labute approximate surface area is 119 Å². The minimum atomic E-state index is -4.30. The number of rotatable bonds is 3. The molecule has 2 rings (SSSR count). The van der Waals surface area contributed by atoms with Crippen molar-refractivity contribution >= 4 is 32.5 Å². The van der Waals surface area contributed by atoms with E-state index < -0.39 is 15.1 Å². The Morgan fingerprint density at radius 1 is 1.40 bits per heavy atom. The Kier molecular flexibility index (Phi) is 3.84. The van der Waals surface area contributed by atoms with Crippen molar-refractivity contribution in [2.24, 2.45) is 0 Å². The number of hydrogen-bond acceptors (Lipinski definition) is 6. The molecule has 0 saturated heterocycles. The van der Waals surface area contributed by atoms with Crippen molar-refractivity contribution in [3.8, 4) is 10.4 Å². The van der Waals surface area contributed by atoms with Crippen LogP contribution < -0.4 is 5.32 Å². The summed E-state index contributed by atoms with van der Waals surface area (Å²) in [6.45, 7) is 3.16. The predicted molar refractivity (Wildman–Crippen MR) is 74.2 cm³/mol. The second-order valence-electron chi connectivity index (χ2n) is 3.97. The maximum Gasteiger partial charge on any atom is 0.312 e. The average molecular weight is 313 g/mol. The molecule has 0 fully saturated rings. The van der Waals surface area contributed by atoms with Gasteiger partial charge in [0.1, 0.15) is 0 Å². The molecule has 2 heterocycles. The van der Waals surface area contributed by atoms with Gasteiger partial charge in [-0.25, -0.2) is 9.97 Å². The topological polar surface area (TPSA) is 109 Å². The van der Waals surface area contributed by atoms with Gasteiger partial charge in [0.25, 0.3) is 0 Å². The van der Waals surface area contributed by atoms with Crippen molar-refractivity contribution in [1.29, 1.82) is 0 Å². The van der Waals surface area contributed by atoms with Crippen LogP contribution in [0.3, 0.4) is 0 Å². The zero-order valence-electron chi connectivity index (χ0n) is 10.6. The van der Waals surface area contributed by atoms with Crippen LogP contribution in [0.25, 0.3) is 10.4 Å². The molecular formula is C11H11N3O4S2. The van der Waals surface area contributed by atoms with Crippen LogP contribution in [0.1, 0.15) is 12.6 Å². The summed E-state index contributed by atoms with van der Waals surface area (Å²) in [4.78, 5) is 19.6. The van der Waals surface area contributed by atoms with E-state index in [2.05, 4.69) is 15.3 Å². The summed E-state index contributed by atoms with van der Waals surface area (Å²) < 4.78 is 30.7. The first-order chi connectivity index (χ1) is 9.27. The summed E-state index contributed by atoms with van der Waals surface area (Å²) in [5.41, 5.74) is 1.35. The first kappa shape index (κ1) is 14.6. The number of nitrogens with zero attached hydrogens (tertiary/aromatic N) is 2. The number of thiazole rings is 1. The van der Waals surface area contributed by atoms with E-state index in [0.29, 0.717) is 16.4 Å². The Bertz CT molecular complexity index is 750. The predicted octanol–water partition coefficient (Wildman–Crippen LogP) is 1.72. The number of carbonyl (C=O) groups excluding carboxylic acids is 1. The molecule has 0 aliphatic carbocycles. The van der Waals surface area contributed by atoms with Gasteiger partial charge in [0.15, 0.2) is 10.2 Å². The highest BCUT2D eigenvalue weighted by Gasteiger charge is 2.14. The minimum Gasteiger partial charge on any atom is -0.302 e. The largest absolute Gasteiger partial charge is 0.312 e. The molecule has 0 spiro atoms. The van der Waals surface area contributed by atoms with Gasteiger partial charge in [-0.2, -0.15) is 8.42 Å². The monoisotopic (exact) mass is 313 g/mol. The average Bonchev–Trinajstić information content (AvgIpc) is 2.68. The molecule has 7 nitrogen and oxygen atoms in total. The highest BCUT2D eigenvalue weighted by Crippen LogP contribution is 2.32. The van der Waals surface area contributed by atoms with E-state index in [9.17, 15) is 13.2 Å². The van der Waals surface area contributed by atoms with Gasteiger partial charge in [0.05, 0.1) is 10.6 Å². The smallest absolute Gasteiger partial charge is 0.302 e. The molecule has 0 radical (unpaired) electrons. The second-order valence-corrected chi connectivity index (χ2v) is 6.34. The van der Waals surface area contributed by atoms with E-state index in [0.717, 1.165) is 4.88 Å². The lowest BCUT2D eigenvalue weighted by Crippen LogP contribution is -2.04. The van der Waals surface area contributed by atoms with Gasteiger partial charge in [-0.3, -0.25) is 9.35 Å². The van der Waals surface area contributed by atoms with E-state index >= 15 is 0 Å². The third-order valence-electron chi connectivity index (χ3n) is 2.34. The summed E-state index contributed by atoms with van der Waals surface area (Å²) in [7, 11) is -4.30. The molecule has 0 aliphatic rings. The third kappa shape index (κ3) is 3.18. The summed E-state index contributed by atoms with van der Waals surface area (Å²) in [6, 6.07) is 2.73. The van der Waals surface area contributed by atoms with Crippen molar-refractivity contribution in [1.82, 2.24) is 9.97 Å². The number of aromatic nitrogens is 2. The van der Waals surface area contributed by atoms with Gasteiger partial charge >= 0.3 is 10.1 Å². The zero-order chi connectivity index (χ0) is 14.9. The first-order valence-corrected chi connectivity index (χ1v) is 7.72. The van der Waals surface area contributed by atoms with Crippen molar-refractivity contribution in [3.63, 3.8) is 0 Å². The van der Waals surface area contributed by atoms with Crippen LogP contribution in [0.4, 0.5) is 5.13 Å². The normalized spacial score (nSPS) is 11.3. The maximum atomic E-state index is 11.0. The van der Waals surface area contributed by atoms with Crippen LogP contribution in [-0.2, 0) is 14.9 Å². The van der Waals surface area contributed by atoms with Gasteiger partial charge in [0, 0.05) is 18.7 Å². The molecule has 2 N–H and O–H groups in total. The van der Waals surface area contributed by atoms with E-state index in [4.69, 9.17) is 4.55 Å². The zero-order valence-corrected chi connectivity index (χ0v) is 12.2. The number of anilines is 1. The van der Waals surface area contributed by atoms with Crippen LogP contribution >= 0.6 is 11.3 Å². The molecule has 1 amide bonds. The molecule has 0 bridgehead atoms. The van der Waals surface area contributed by atoms with Crippen molar-refractivity contribution in [3.05, 3.63) is 24.0 Å². The van der Waals surface area contributed by atoms with E-state index in [1.165, 1.54) is 36.6 Å². The van der Waals surface area contributed by atoms with Crippen LogP contribution in [0, 0.1) is 6.92 Å². The van der Waals surface area contributed by atoms with E-state index in [1.54, 1.807) is 6.92 Å². The van der Waals surface area contributed by atoms with Crippen LogP contribution in [0.2, 0.25) is 0 Å². The lowest BCUT2D eigenvalue weighted by atomic mass is 10.2. The van der Waals surface area contributed by atoms with Crippen molar-refractivity contribution < 1.29 is 17.8 Å². The summed E-state index contributed by atoms with van der Waals surface area (Å²) in [5.74, 6) is -0.217. The van der Waals surface area contributed by atoms with Gasteiger partial charge < -0.3 is 5.32 Å². The molecule has 2 aromatic rings. The maximum absolute atomic E-state index is 11.0. The SMILES string of the molecule is CC(=O)Nc1nc(C)c(-c2ccc(S(=O)(=O)O)nc2)s1. The fourth-order valence-corrected chi connectivity index (χ4v) is 2.96. The van der Waals surface area contributed by atoms with E-state index in [-0.39, 0.29) is 5.91 Å².